The summed E-state index contributed by atoms with van der Waals surface area (Å²) < 4.78 is 0. The van der Waals surface area contributed by atoms with Crippen LogP contribution in [-0.4, -0.2) is 0 Å². The van der Waals surface area contributed by atoms with Crippen molar-refractivity contribution in [1.82, 2.24) is 0 Å². The lowest BCUT2D eigenvalue weighted by Gasteiger charge is -2.22. The first-order chi connectivity index (χ1) is 8.68. The Morgan fingerprint density at radius 2 is 2.11 bits per heavy atom. The zero-order valence-corrected chi connectivity index (χ0v) is 11.3. The highest BCUT2D eigenvalue weighted by molar-refractivity contribution is 7.09. The van der Waals surface area contributed by atoms with Gasteiger partial charge in [0, 0.05) is 4.88 Å². The van der Waals surface area contributed by atoms with E-state index in [1.54, 1.807) is 0 Å². The molecule has 18 heavy (non-hydrogen) atoms. The predicted molar refractivity (Wildman–Crippen MR) is 74.7 cm³/mol. The van der Waals surface area contributed by atoms with Crippen LogP contribution in [0.2, 0.25) is 0 Å². The average molecular weight is 253 g/mol. The van der Waals surface area contributed by atoms with Gasteiger partial charge in [-0.15, -0.1) is 11.3 Å². The van der Waals surface area contributed by atoms with E-state index >= 15 is 0 Å². The largest absolute Gasteiger partial charge is 0.192 e. The molecule has 0 bridgehead atoms. The van der Waals surface area contributed by atoms with Crippen molar-refractivity contribution in [3.63, 3.8) is 0 Å². The Morgan fingerprint density at radius 1 is 1.28 bits per heavy atom. The van der Waals surface area contributed by atoms with Crippen LogP contribution in [0.5, 0.6) is 0 Å². The van der Waals surface area contributed by atoms with Crippen molar-refractivity contribution in [2.45, 2.75) is 26.2 Å². The minimum atomic E-state index is 0.321. The zero-order valence-electron chi connectivity index (χ0n) is 10.4. The molecule has 0 N–H and O–H groups in total. The maximum Gasteiger partial charge on any atom is 0.0991 e. The molecule has 90 valence electrons. The molecule has 2 heteroatoms. The highest BCUT2D eigenvalue weighted by Gasteiger charge is 2.33. The maximum absolute atomic E-state index is 8.96. The van der Waals surface area contributed by atoms with E-state index in [9.17, 15) is 0 Å². The Balaban J connectivity index is 1.85. The molecule has 1 aromatic heterocycles. The van der Waals surface area contributed by atoms with Crippen molar-refractivity contribution in [2.75, 3.05) is 0 Å². The van der Waals surface area contributed by atoms with Crippen molar-refractivity contribution < 1.29 is 0 Å². The SMILES string of the molecule is CC1(Cc2cccs2)Cc2ccc(C#N)cc2C1. The summed E-state index contributed by atoms with van der Waals surface area (Å²) in [6.07, 6.45) is 3.36. The minimum absolute atomic E-state index is 0.321. The number of fused-ring (bicyclic) bond motifs is 1. The van der Waals surface area contributed by atoms with Crippen molar-refractivity contribution in [3.05, 3.63) is 57.3 Å². The number of nitrogens with zero attached hydrogens (tertiary/aromatic N) is 1. The van der Waals surface area contributed by atoms with E-state index in [4.69, 9.17) is 5.26 Å². The normalized spacial score (nSPS) is 21.6. The molecule has 1 aliphatic carbocycles. The molecular formula is C16H15NS. The molecule has 0 amide bonds. The Bertz CT molecular complexity index is 607. The molecule has 0 radical (unpaired) electrons. The summed E-state index contributed by atoms with van der Waals surface area (Å²) in [5, 5.41) is 11.1. The standard InChI is InChI=1S/C16H15NS/c1-16(10-15-3-2-6-18-15)8-13-5-4-12(11-17)7-14(13)9-16/h2-7H,8-10H2,1H3. The molecule has 2 aromatic rings. The van der Waals surface area contributed by atoms with E-state index in [1.807, 2.05) is 17.4 Å². The highest BCUT2D eigenvalue weighted by Crippen LogP contribution is 2.40. The van der Waals surface area contributed by atoms with Crippen LogP contribution in [0.15, 0.2) is 35.7 Å². The smallest absolute Gasteiger partial charge is 0.0991 e. The van der Waals surface area contributed by atoms with Crippen LogP contribution in [0, 0.1) is 16.7 Å². The topological polar surface area (TPSA) is 23.8 Å². The molecular weight excluding hydrogens is 238 g/mol. The molecule has 1 aliphatic rings. The van der Waals surface area contributed by atoms with E-state index in [1.165, 1.54) is 16.0 Å². The fraction of sp³-hybridized carbons (Fsp3) is 0.312. The first-order valence-corrected chi connectivity index (χ1v) is 7.11. The van der Waals surface area contributed by atoms with Crippen LogP contribution in [0.25, 0.3) is 0 Å². The number of rotatable bonds is 2. The summed E-state index contributed by atoms with van der Waals surface area (Å²) in [6, 6.07) is 12.7. The first kappa shape index (κ1) is 11.5. The van der Waals surface area contributed by atoms with E-state index in [2.05, 4.69) is 42.6 Å². The van der Waals surface area contributed by atoms with E-state index in [0.29, 0.717) is 5.41 Å². The fourth-order valence-corrected chi connectivity index (χ4v) is 3.89. The number of thiophene rings is 1. The number of nitriles is 1. The van der Waals surface area contributed by atoms with Crippen LogP contribution in [0.4, 0.5) is 0 Å². The molecule has 1 atom stereocenters. The number of hydrogen-bond acceptors (Lipinski definition) is 2. The van der Waals surface area contributed by atoms with Crippen LogP contribution in [0.3, 0.4) is 0 Å². The molecule has 0 spiro atoms. The predicted octanol–water partition coefficient (Wildman–Crippen LogP) is 3.97. The van der Waals surface area contributed by atoms with Gasteiger partial charge in [0.05, 0.1) is 11.6 Å². The van der Waals surface area contributed by atoms with Crippen molar-refractivity contribution >= 4 is 11.3 Å². The van der Waals surface area contributed by atoms with Crippen molar-refractivity contribution in [3.8, 4) is 6.07 Å². The third kappa shape index (κ3) is 2.07. The van der Waals surface area contributed by atoms with Crippen LogP contribution < -0.4 is 0 Å². The lowest BCUT2D eigenvalue weighted by atomic mass is 9.83. The van der Waals surface area contributed by atoms with Gasteiger partial charge in [-0.25, -0.2) is 0 Å². The molecule has 0 fully saturated rings. The first-order valence-electron chi connectivity index (χ1n) is 6.23. The fourth-order valence-electron chi connectivity index (χ4n) is 2.97. The molecule has 3 rings (SSSR count). The Labute approximate surface area is 112 Å². The number of hydrogen-bond donors (Lipinski definition) is 0. The van der Waals surface area contributed by atoms with E-state index < -0.39 is 0 Å². The van der Waals surface area contributed by atoms with Gasteiger partial charge < -0.3 is 0 Å². The Kier molecular flexibility index (Phi) is 2.72. The summed E-state index contributed by atoms with van der Waals surface area (Å²) in [7, 11) is 0. The average Bonchev–Trinajstić information content (AvgIpc) is 2.94. The van der Waals surface area contributed by atoms with E-state index in [-0.39, 0.29) is 0 Å². The lowest BCUT2D eigenvalue weighted by molar-refractivity contribution is 0.346. The van der Waals surface area contributed by atoms with Gasteiger partial charge in [0.2, 0.25) is 0 Å². The summed E-state index contributed by atoms with van der Waals surface area (Å²) in [5.41, 5.74) is 3.90. The van der Waals surface area contributed by atoms with Gasteiger partial charge in [-0.2, -0.15) is 5.26 Å². The van der Waals surface area contributed by atoms with Gasteiger partial charge in [0.15, 0.2) is 0 Å². The van der Waals surface area contributed by atoms with Crippen LogP contribution >= 0.6 is 11.3 Å². The molecule has 1 unspecified atom stereocenters. The van der Waals surface area contributed by atoms with Crippen LogP contribution in [0.1, 0.15) is 28.5 Å². The quantitative estimate of drug-likeness (QED) is 0.794. The maximum atomic E-state index is 8.96. The minimum Gasteiger partial charge on any atom is -0.192 e. The lowest BCUT2D eigenvalue weighted by Crippen LogP contribution is -2.19. The molecule has 0 saturated carbocycles. The summed E-state index contributed by atoms with van der Waals surface area (Å²) >= 11 is 1.84. The third-order valence-corrected chi connectivity index (χ3v) is 4.63. The van der Waals surface area contributed by atoms with Gasteiger partial charge in [-0.05, 0) is 59.4 Å². The second-order valence-corrected chi connectivity index (χ2v) is 6.55. The van der Waals surface area contributed by atoms with E-state index in [0.717, 1.165) is 24.8 Å². The van der Waals surface area contributed by atoms with Gasteiger partial charge in [-0.1, -0.05) is 19.1 Å². The summed E-state index contributed by atoms with van der Waals surface area (Å²) in [5.74, 6) is 0. The zero-order chi connectivity index (χ0) is 12.6. The van der Waals surface area contributed by atoms with Crippen molar-refractivity contribution in [1.29, 1.82) is 5.26 Å². The third-order valence-electron chi connectivity index (χ3n) is 3.75. The van der Waals surface area contributed by atoms with Gasteiger partial charge in [0.25, 0.3) is 0 Å². The molecule has 0 saturated heterocycles. The van der Waals surface area contributed by atoms with Crippen molar-refractivity contribution in [2.24, 2.45) is 5.41 Å². The second-order valence-electron chi connectivity index (χ2n) is 5.52. The van der Waals surface area contributed by atoms with Gasteiger partial charge in [-0.3, -0.25) is 0 Å². The number of benzene rings is 1. The second kappa shape index (κ2) is 4.26. The molecule has 1 nitrogen and oxygen atoms in total. The summed E-state index contributed by atoms with van der Waals surface area (Å²) in [6.45, 7) is 2.36. The summed E-state index contributed by atoms with van der Waals surface area (Å²) in [4.78, 5) is 1.46. The van der Waals surface area contributed by atoms with Crippen LogP contribution in [-0.2, 0) is 19.3 Å². The molecule has 0 aliphatic heterocycles. The van der Waals surface area contributed by atoms with Gasteiger partial charge in [0.1, 0.15) is 0 Å². The Morgan fingerprint density at radius 3 is 2.83 bits per heavy atom. The highest BCUT2D eigenvalue weighted by atomic mass is 32.1. The monoisotopic (exact) mass is 253 g/mol. The van der Waals surface area contributed by atoms with Gasteiger partial charge >= 0.3 is 0 Å². The Hall–Kier alpha value is -1.59. The molecule has 1 heterocycles. The molecule has 1 aromatic carbocycles.